The fourth-order valence-electron chi connectivity index (χ4n) is 2.07. The third-order valence-corrected chi connectivity index (χ3v) is 3.04. The summed E-state index contributed by atoms with van der Waals surface area (Å²) in [6.45, 7) is 2.75. The van der Waals surface area contributed by atoms with Crippen molar-refractivity contribution >= 4 is 5.97 Å². The molecule has 1 heterocycles. The topological polar surface area (TPSA) is 40.5 Å². The van der Waals surface area contributed by atoms with Gasteiger partial charge in [0, 0.05) is 5.92 Å². The average molecular weight is 221 g/mol. The second-order valence-electron chi connectivity index (χ2n) is 3.97. The molecule has 0 amide bonds. The summed E-state index contributed by atoms with van der Waals surface area (Å²) in [6, 6.07) is -0.511. The highest BCUT2D eigenvalue weighted by Gasteiger charge is 2.31. The third-order valence-electron chi connectivity index (χ3n) is 3.04. The number of halogens is 2. The van der Waals surface area contributed by atoms with E-state index in [9.17, 15) is 13.6 Å². The van der Waals surface area contributed by atoms with Crippen LogP contribution in [-0.4, -0.2) is 41.5 Å². The Bertz CT molecular complexity index is 215. The molecule has 15 heavy (non-hydrogen) atoms. The Hall–Kier alpha value is -0.710. The lowest BCUT2D eigenvalue weighted by Gasteiger charge is -2.34. The summed E-state index contributed by atoms with van der Waals surface area (Å²) in [5.74, 6) is -1.40. The molecule has 0 aromatic heterocycles. The smallest absolute Gasteiger partial charge is 0.320 e. The molecular formula is C10H17F2NO2. The number of alkyl halides is 2. The number of rotatable bonds is 4. The van der Waals surface area contributed by atoms with Crippen molar-refractivity contribution in [3.8, 4) is 0 Å². The minimum atomic E-state index is -2.27. The maximum atomic E-state index is 12.4. The Morgan fingerprint density at radius 3 is 2.33 bits per heavy atom. The molecule has 5 heteroatoms. The van der Waals surface area contributed by atoms with Crippen LogP contribution in [-0.2, 0) is 4.79 Å². The number of carboxylic acids is 1. The first kappa shape index (κ1) is 12.4. The molecule has 0 unspecified atom stereocenters. The number of nitrogens with zero attached hydrogens (tertiary/aromatic N) is 1. The number of likely N-dealkylation sites (tertiary alicyclic amines) is 1. The van der Waals surface area contributed by atoms with E-state index in [0.29, 0.717) is 32.4 Å². The van der Waals surface area contributed by atoms with E-state index in [1.54, 1.807) is 11.8 Å². The Morgan fingerprint density at radius 2 is 2.00 bits per heavy atom. The molecule has 0 saturated carbocycles. The van der Waals surface area contributed by atoms with Gasteiger partial charge in [0.1, 0.15) is 6.04 Å². The van der Waals surface area contributed by atoms with E-state index in [2.05, 4.69) is 0 Å². The largest absolute Gasteiger partial charge is 0.480 e. The predicted octanol–water partition coefficient (Wildman–Crippen LogP) is 1.83. The van der Waals surface area contributed by atoms with Gasteiger partial charge in [-0.2, -0.15) is 0 Å². The van der Waals surface area contributed by atoms with Crippen molar-refractivity contribution in [3.05, 3.63) is 0 Å². The number of hydrogen-bond acceptors (Lipinski definition) is 2. The van der Waals surface area contributed by atoms with Gasteiger partial charge in [-0.15, -0.1) is 0 Å². The molecule has 3 nitrogen and oxygen atoms in total. The van der Waals surface area contributed by atoms with Gasteiger partial charge in [-0.1, -0.05) is 6.92 Å². The van der Waals surface area contributed by atoms with Gasteiger partial charge in [-0.3, -0.25) is 9.69 Å². The molecule has 0 spiro atoms. The summed E-state index contributed by atoms with van der Waals surface area (Å²) in [7, 11) is 0. The van der Waals surface area contributed by atoms with E-state index < -0.39 is 24.4 Å². The standard InChI is InChI=1S/C10H17F2NO2/c1-2-8(10(14)15)13-5-3-7(4-6-13)9(11)12/h7-9H,2-6H2,1H3,(H,14,15)/t8-/m0/s1. The van der Waals surface area contributed by atoms with Crippen LogP contribution in [0.15, 0.2) is 0 Å². The lowest BCUT2D eigenvalue weighted by Crippen LogP contribution is -2.46. The molecule has 88 valence electrons. The quantitative estimate of drug-likeness (QED) is 0.787. The number of aliphatic carboxylic acids is 1. The van der Waals surface area contributed by atoms with Gasteiger partial charge in [-0.05, 0) is 32.4 Å². The highest BCUT2D eigenvalue weighted by atomic mass is 19.3. The first-order valence-corrected chi connectivity index (χ1v) is 5.31. The second kappa shape index (κ2) is 5.39. The molecule has 1 saturated heterocycles. The Morgan fingerprint density at radius 1 is 1.47 bits per heavy atom. The van der Waals surface area contributed by atoms with Gasteiger partial charge in [0.05, 0.1) is 0 Å². The molecule has 1 rings (SSSR count). The van der Waals surface area contributed by atoms with E-state index >= 15 is 0 Å². The number of hydrogen-bond donors (Lipinski definition) is 1. The summed E-state index contributed by atoms with van der Waals surface area (Å²) in [5, 5.41) is 8.91. The second-order valence-corrected chi connectivity index (χ2v) is 3.97. The first-order valence-electron chi connectivity index (χ1n) is 5.31. The number of carbonyl (C=O) groups is 1. The van der Waals surface area contributed by atoms with Crippen LogP contribution < -0.4 is 0 Å². The lowest BCUT2D eigenvalue weighted by atomic mass is 9.96. The van der Waals surface area contributed by atoms with E-state index in [1.165, 1.54) is 0 Å². The van der Waals surface area contributed by atoms with Crippen LogP contribution in [0.5, 0.6) is 0 Å². The van der Waals surface area contributed by atoms with Gasteiger partial charge >= 0.3 is 5.97 Å². The predicted molar refractivity (Wildman–Crippen MR) is 52.0 cm³/mol. The molecule has 1 N–H and O–H groups in total. The fraction of sp³-hybridized carbons (Fsp3) is 0.900. The Kier molecular flexibility index (Phi) is 4.45. The Balaban J connectivity index is 2.45. The molecule has 0 radical (unpaired) electrons. The molecule has 1 aliphatic heterocycles. The van der Waals surface area contributed by atoms with Crippen LogP contribution in [0.1, 0.15) is 26.2 Å². The maximum absolute atomic E-state index is 12.4. The van der Waals surface area contributed by atoms with Crippen LogP contribution in [0.25, 0.3) is 0 Å². The van der Waals surface area contributed by atoms with E-state index in [-0.39, 0.29) is 0 Å². The van der Waals surface area contributed by atoms with E-state index in [1.807, 2.05) is 0 Å². The maximum Gasteiger partial charge on any atom is 0.320 e. The highest BCUT2D eigenvalue weighted by Crippen LogP contribution is 2.25. The molecule has 0 aromatic rings. The van der Waals surface area contributed by atoms with E-state index in [4.69, 9.17) is 5.11 Å². The monoisotopic (exact) mass is 221 g/mol. The van der Waals surface area contributed by atoms with Crippen LogP contribution in [0.3, 0.4) is 0 Å². The van der Waals surface area contributed by atoms with Crippen LogP contribution in [0.2, 0.25) is 0 Å². The molecule has 0 aromatic carbocycles. The summed E-state index contributed by atoms with van der Waals surface area (Å²) in [6.07, 6.45) is -0.936. The average Bonchev–Trinajstić information content (AvgIpc) is 2.19. The van der Waals surface area contributed by atoms with Gasteiger partial charge in [-0.25, -0.2) is 8.78 Å². The minimum absolute atomic E-state index is 0.404. The Labute approximate surface area is 88.1 Å². The van der Waals surface area contributed by atoms with Crippen LogP contribution >= 0.6 is 0 Å². The third kappa shape index (κ3) is 3.12. The van der Waals surface area contributed by atoms with Crippen molar-refractivity contribution < 1.29 is 18.7 Å². The molecule has 0 aliphatic carbocycles. The van der Waals surface area contributed by atoms with Crippen molar-refractivity contribution in [2.75, 3.05) is 13.1 Å². The molecule has 0 bridgehead atoms. The molecule has 1 atom stereocenters. The molecular weight excluding hydrogens is 204 g/mol. The van der Waals surface area contributed by atoms with Crippen molar-refractivity contribution in [2.45, 2.75) is 38.7 Å². The van der Waals surface area contributed by atoms with Gasteiger partial charge in [0.25, 0.3) is 0 Å². The van der Waals surface area contributed by atoms with E-state index in [0.717, 1.165) is 0 Å². The van der Waals surface area contributed by atoms with Crippen molar-refractivity contribution in [2.24, 2.45) is 5.92 Å². The first-order chi connectivity index (χ1) is 7.06. The van der Waals surface area contributed by atoms with Crippen LogP contribution in [0.4, 0.5) is 8.78 Å². The van der Waals surface area contributed by atoms with Crippen molar-refractivity contribution in [3.63, 3.8) is 0 Å². The zero-order valence-corrected chi connectivity index (χ0v) is 8.83. The summed E-state index contributed by atoms with van der Waals surface area (Å²) >= 11 is 0. The van der Waals surface area contributed by atoms with Gasteiger partial charge in [0.15, 0.2) is 0 Å². The summed E-state index contributed by atoms with van der Waals surface area (Å²) in [4.78, 5) is 12.6. The molecule has 1 fully saturated rings. The zero-order chi connectivity index (χ0) is 11.4. The normalized spacial score (nSPS) is 21.9. The SMILES string of the molecule is CC[C@@H](C(=O)O)N1CCC(C(F)F)CC1. The lowest BCUT2D eigenvalue weighted by molar-refractivity contribution is -0.144. The zero-order valence-electron chi connectivity index (χ0n) is 8.83. The van der Waals surface area contributed by atoms with Crippen molar-refractivity contribution in [1.82, 2.24) is 4.90 Å². The molecule has 1 aliphatic rings. The van der Waals surface area contributed by atoms with Crippen LogP contribution in [0, 0.1) is 5.92 Å². The minimum Gasteiger partial charge on any atom is -0.480 e. The number of carboxylic acid groups (broad SMARTS) is 1. The number of piperidine rings is 1. The van der Waals surface area contributed by atoms with Crippen molar-refractivity contribution in [1.29, 1.82) is 0 Å². The van der Waals surface area contributed by atoms with Gasteiger partial charge in [0.2, 0.25) is 6.43 Å². The van der Waals surface area contributed by atoms with Gasteiger partial charge < -0.3 is 5.11 Å². The summed E-state index contributed by atoms with van der Waals surface area (Å²) < 4.78 is 24.7. The summed E-state index contributed by atoms with van der Waals surface area (Å²) in [5.41, 5.74) is 0. The highest BCUT2D eigenvalue weighted by molar-refractivity contribution is 5.73. The fourth-order valence-corrected chi connectivity index (χ4v) is 2.07.